The predicted octanol–water partition coefficient (Wildman–Crippen LogP) is 5.45. The Kier molecular flexibility index (Phi) is 8.03. The average Bonchev–Trinajstić information content (AvgIpc) is 3.18. The molecule has 1 aliphatic rings. The number of Topliss-reactive ketones (excluding diaryl/α,β-unsaturated/α-hetero) is 1. The van der Waals surface area contributed by atoms with E-state index in [2.05, 4.69) is 22.4 Å². The zero-order chi connectivity index (χ0) is 19.8. The van der Waals surface area contributed by atoms with Gasteiger partial charge in [-0.3, -0.25) is 9.59 Å². The molecule has 1 aliphatic carbocycles. The molecule has 0 aliphatic heterocycles. The monoisotopic (exact) mass is 417 g/mol. The van der Waals surface area contributed by atoms with Crippen molar-refractivity contribution in [2.75, 3.05) is 11.1 Å². The minimum atomic E-state index is 0.0574. The van der Waals surface area contributed by atoms with Crippen molar-refractivity contribution < 1.29 is 9.59 Å². The summed E-state index contributed by atoms with van der Waals surface area (Å²) in [6.07, 6.45) is 8.06. The van der Waals surface area contributed by atoms with Gasteiger partial charge in [0, 0.05) is 11.5 Å². The number of carbonyl (C=O) groups excluding carboxylic acids is 2. The molecule has 3 rings (SSSR count). The molecule has 1 aromatic carbocycles. The van der Waals surface area contributed by atoms with Crippen molar-refractivity contribution in [2.24, 2.45) is 11.8 Å². The van der Waals surface area contributed by atoms with Crippen LogP contribution in [0.25, 0.3) is 0 Å². The van der Waals surface area contributed by atoms with Gasteiger partial charge >= 0.3 is 0 Å². The van der Waals surface area contributed by atoms with Gasteiger partial charge in [0.2, 0.25) is 11.0 Å². The highest BCUT2D eigenvalue weighted by Crippen LogP contribution is 2.33. The van der Waals surface area contributed by atoms with Crippen LogP contribution in [0.2, 0.25) is 0 Å². The van der Waals surface area contributed by atoms with Crippen molar-refractivity contribution in [1.29, 1.82) is 0 Å². The number of hydrogen-bond acceptors (Lipinski definition) is 6. The lowest BCUT2D eigenvalue weighted by Gasteiger charge is -2.27. The van der Waals surface area contributed by atoms with Gasteiger partial charge in [-0.25, -0.2) is 0 Å². The van der Waals surface area contributed by atoms with E-state index in [1.807, 2.05) is 30.3 Å². The largest absolute Gasteiger partial charge is 0.300 e. The molecule has 0 saturated heterocycles. The number of anilines is 1. The molecular weight excluding hydrogens is 390 g/mol. The lowest BCUT2D eigenvalue weighted by Crippen LogP contribution is -2.27. The first-order valence-electron chi connectivity index (χ1n) is 10.0. The van der Waals surface area contributed by atoms with Crippen LogP contribution in [-0.2, 0) is 4.79 Å². The number of nitrogens with one attached hydrogen (secondary N) is 1. The van der Waals surface area contributed by atoms with E-state index in [-0.39, 0.29) is 17.6 Å². The van der Waals surface area contributed by atoms with Gasteiger partial charge in [0.05, 0.1) is 5.75 Å². The summed E-state index contributed by atoms with van der Waals surface area (Å²) < 4.78 is 0.697. The van der Waals surface area contributed by atoms with E-state index < -0.39 is 0 Å². The van der Waals surface area contributed by atoms with Crippen molar-refractivity contribution >= 4 is 39.9 Å². The molecule has 0 radical (unpaired) electrons. The summed E-state index contributed by atoms with van der Waals surface area (Å²) in [6, 6.07) is 9.22. The highest BCUT2D eigenvalue weighted by molar-refractivity contribution is 8.01. The van der Waals surface area contributed by atoms with E-state index >= 15 is 0 Å². The van der Waals surface area contributed by atoms with Crippen LogP contribution in [0.3, 0.4) is 0 Å². The Balaban J connectivity index is 1.43. The summed E-state index contributed by atoms with van der Waals surface area (Å²) in [5.74, 6) is 1.30. The number of benzene rings is 1. The molecule has 0 unspecified atom stereocenters. The van der Waals surface area contributed by atoms with Gasteiger partial charge in [-0.05, 0) is 31.6 Å². The molecule has 0 spiro atoms. The van der Waals surface area contributed by atoms with E-state index in [0.29, 0.717) is 20.8 Å². The molecule has 150 valence electrons. The maximum Gasteiger partial charge on any atom is 0.229 e. The number of thioether (sulfide) groups is 1. The van der Waals surface area contributed by atoms with Crippen LogP contribution in [-0.4, -0.2) is 27.6 Å². The quantitative estimate of drug-likeness (QED) is 0.334. The van der Waals surface area contributed by atoms with Crippen LogP contribution < -0.4 is 5.32 Å². The SMILES string of the molecule is CCCCC1CCC(C(=O)Nc2nnc(SCC(=O)c3ccccc3)s2)CC1. The fraction of sp³-hybridized carbons (Fsp3) is 0.524. The molecule has 2 aromatic rings. The Labute approximate surface area is 174 Å². The van der Waals surface area contributed by atoms with Crippen LogP contribution in [0.1, 0.15) is 62.2 Å². The summed E-state index contributed by atoms with van der Waals surface area (Å²) in [5, 5.41) is 11.6. The first-order chi connectivity index (χ1) is 13.7. The minimum Gasteiger partial charge on any atom is -0.300 e. The van der Waals surface area contributed by atoms with E-state index in [1.165, 1.54) is 42.4 Å². The second-order valence-electron chi connectivity index (χ2n) is 7.30. The molecule has 1 fully saturated rings. The summed E-state index contributed by atoms with van der Waals surface area (Å²) in [5.41, 5.74) is 0.697. The van der Waals surface area contributed by atoms with Gasteiger partial charge in [-0.15, -0.1) is 10.2 Å². The first kappa shape index (κ1) is 21.0. The molecule has 28 heavy (non-hydrogen) atoms. The van der Waals surface area contributed by atoms with Crippen LogP contribution in [0.4, 0.5) is 5.13 Å². The zero-order valence-electron chi connectivity index (χ0n) is 16.2. The number of rotatable bonds is 9. The van der Waals surface area contributed by atoms with Gasteiger partial charge in [-0.1, -0.05) is 79.6 Å². The molecule has 1 heterocycles. The number of hydrogen-bond donors (Lipinski definition) is 1. The Morgan fingerprint density at radius 2 is 1.89 bits per heavy atom. The van der Waals surface area contributed by atoms with Crippen molar-refractivity contribution in [2.45, 2.75) is 56.2 Å². The lowest BCUT2D eigenvalue weighted by atomic mass is 9.79. The Morgan fingerprint density at radius 1 is 1.14 bits per heavy atom. The summed E-state index contributed by atoms with van der Waals surface area (Å²) in [4.78, 5) is 24.7. The second-order valence-corrected chi connectivity index (χ2v) is 9.50. The van der Waals surface area contributed by atoms with Gasteiger partial charge in [0.15, 0.2) is 10.1 Å². The molecule has 1 N–H and O–H groups in total. The van der Waals surface area contributed by atoms with Crippen molar-refractivity contribution in [3.8, 4) is 0 Å². The van der Waals surface area contributed by atoms with E-state index in [1.54, 1.807) is 0 Å². The molecule has 1 saturated carbocycles. The zero-order valence-corrected chi connectivity index (χ0v) is 17.9. The molecule has 1 aromatic heterocycles. The third-order valence-electron chi connectivity index (χ3n) is 5.24. The molecule has 0 atom stereocenters. The normalized spacial score (nSPS) is 19.3. The summed E-state index contributed by atoms with van der Waals surface area (Å²) in [6.45, 7) is 2.23. The van der Waals surface area contributed by atoms with Crippen molar-refractivity contribution in [3.05, 3.63) is 35.9 Å². The smallest absolute Gasteiger partial charge is 0.229 e. The summed E-state index contributed by atoms with van der Waals surface area (Å²) >= 11 is 2.69. The number of amides is 1. The first-order valence-corrected chi connectivity index (χ1v) is 11.8. The fourth-order valence-corrected chi connectivity index (χ4v) is 5.22. The Morgan fingerprint density at radius 3 is 2.61 bits per heavy atom. The third-order valence-corrected chi connectivity index (χ3v) is 7.21. The second kappa shape index (κ2) is 10.7. The maximum absolute atomic E-state index is 12.5. The van der Waals surface area contributed by atoms with E-state index in [0.717, 1.165) is 31.6 Å². The number of aromatic nitrogens is 2. The van der Waals surface area contributed by atoms with Gasteiger partial charge in [0.25, 0.3) is 0 Å². The number of unbranched alkanes of at least 4 members (excludes halogenated alkanes) is 1. The minimum absolute atomic E-state index is 0.0574. The average molecular weight is 418 g/mol. The van der Waals surface area contributed by atoms with Crippen LogP contribution in [0, 0.1) is 11.8 Å². The van der Waals surface area contributed by atoms with Crippen LogP contribution in [0.5, 0.6) is 0 Å². The van der Waals surface area contributed by atoms with Gasteiger partial charge in [0.1, 0.15) is 0 Å². The van der Waals surface area contributed by atoms with Gasteiger partial charge < -0.3 is 5.32 Å². The Bertz CT molecular complexity index is 771. The topological polar surface area (TPSA) is 72.0 Å². The molecule has 5 nitrogen and oxygen atoms in total. The molecule has 1 amide bonds. The molecule has 0 bridgehead atoms. The highest BCUT2D eigenvalue weighted by Gasteiger charge is 2.26. The maximum atomic E-state index is 12.5. The summed E-state index contributed by atoms with van der Waals surface area (Å²) in [7, 11) is 0. The number of carbonyl (C=O) groups is 2. The van der Waals surface area contributed by atoms with Crippen LogP contribution >= 0.6 is 23.1 Å². The lowest BCUT2D eigenvalue weighted by molar-refractivity contribution is -0.121. The van der Waals surface area contributed by atoms with Crippen molar-refractivity contribution in [1.82, 2.24) is 10.2 Å². The molecular formula is C21H27N3O2S2. The highest BCUT2D eigenvalue weighted by atomic mass is 32.2. The third kappa shape index (κ3) is 6.14. The van der Waals surface area contributed by atoms with Gasteiger partial charge in [-0.2, -0.15) is 0 Å². The molecule has 7 heteroatoms. The Hall–Kier alpha value is -1.73. The fourth-order valence-electron chi connectivity index (χ4n) is 3.57. The number of nitrogens with zero attached hydrogens (tertiary/aromatic N) is 2. The van der Waals surface area contributed by atoms with Crippen LogP contribution in [0.15, 0.2) is 34.7 Å². The number of ketones is 1. The predicted molar refractivity (Wildman–Crippen MR) is 115 cm³/mol. The van der Waals surface area contributed by atoms with E-state index in [9.17, 15) is 9.59 Å². The standard InChI is InChI=1S/C21H27N3O2S2/c1-2-3-7-15-10-12-17(13-11-15)19(26)22-20-23-24-21(28-20)27-14-18(25)16-8-5-4-6-9-16/h4-6,8-9,15,17H,2-3,7,10-14H2,1H3,(H,22,23,26). The van der Waals surface area contributed by atoms with E-state index in [4.69, 9.17) is 0 Å². The van der Waals surface area contributed by atoms with Crippen molar-refractivity contribution in [3.63, 3.8) is 0 Å².